The molecule has 0 radical (unpaired) electrons. The Kier molecular flexibility index (Phi) is 7.84. The average molecular weight is 507 g/mol. The maximum absolute atomic E-state index is 12.7. The Morgan fingerprint density at radius 1 is 1.36 bits per heavy atom. The highest BCUT2D eigenvalue weighted by atomic mass is 32.2. The van der Waals surface area contributed by atoms with Gasteiger partial charge in [-0.15, -0.1) is 32.9 Å². The van der Waals surface area contributed by atoms with Crippen molar-refractivity contribution in [2.75, 3.05) is 24.8 Å². The monoisotopic (exact) mass is 506 g/mol. The topological polar surface area (TPSA) is 95.3 Å². The molecule has 1 N–H and O–H groups in total. The molecule has 1 unspecified atom stereocenters. The average Bonchev–Trinajstić information content (AvgIpc) is 3.60. The lowest BCUT2D eigenvalue weighted by molar-refractivity contribution is -0.113. The maximum Gasteiger partial charge on any atom is 0.340 e. The van der Waals surface area contributed by atoms with Gasteiger partial charge in [-0.3, -0.25) is 9.36 Å². The largest absolute Gasteiger partial charge is 0.465 e. The van der Waals surface area contributed by atoms with Crippen LogP contribution in [-0.4, -0.2) is 52.2 Å². The van der Waals surface area contributed by atoms with Gasteiger partial charge in [0.2, 0.25) is 5.91 Å². The standard InChI is InChI=1S/C22H26N4O4S3/c1-4-16-9-14(11-31-16)19-24-25-22(26(19)10-15-6-5-7-30-15)32-12-18(27)23-20-17(21(28)29-3)8-13(2)33-20/h8-9,11,15H,4-7,10,12H2,1-3H3,(H,23,27). The summed E-state index contributed by atoms with van der Waals surface area (Å²) in [5, 5.41) is 14.9. The Bertz CT molecular complexity index is 1130. The number of amides is 1. The minimum absolute atomic E-state index is 0.119. The van der Waals surface area contributed by atoms with Gasteiger partial charge in [0.05, 0.1) is 31.1 Å². The number of thioether (sulfide) groups is 1. The van der Waals surface area contributed by atoms with Gasteiger partial charge in [-0.2, -0.15) is 0 Å². The Morgan fingerprint density at radius 2 is 2.21 bits per heavy atom. The molecule has 0 bridgehead atoms. The van der Waals surface area contributed by atoms with Crippen molar-refractivity contribution >= 4 is 51.3 Å². The van der Waals surface area contributed by atoms with Gasteiger partial charge in [0.25, 0.3) is 0 Å². The number of nitrogens with one attached hydrogen (secondary N) is 1. The lowest BCUT2D eigenvalue weighted by Crippen LogP contribution is -2.18. The van der Waals surface area contributed by atoms with Crippen LogP contribution in [0.15, 0.2) is 22.7 Å². The maximum atomic E-state index is 12.7. The third kappa shape index (κ3) is 5.65. The van der Waals surface area contributed by atoms with Crippen LogP contribution in [0, 0.1) is 6.92 Å². The van der Waals surface area contributed by atoms with Crippen LogP contribution < -0.4 is 5.32 Å². The third-order valence-corrected chi connectivity index (χ3v) is 8.25. The molecule has 4 rings (SSSR count). The second-order valence-electron chi connectivity index (χ2n) is 7.64. The fraction of sp³-hybridized carbons (Fsp3) is 0.455. The van der Waals surface area contributed by atoms with Crippen molar-refractivity contribution < 1.29 is 19.1 Å². The predicted molar refractivity (Wildman–Crippen MR) is 131 cm³/mol. The van der Waals surface area contributed by atoms with Crippen molar-refractivity contribution in [1.29, 1.82) is 0 Å². The van der Waals surface area contributed by atoms with E-state index in [1.54, 1.807) is 17.4 Å². The van der Waals surface area contributed by atoms with E-state index in [-0.39, 0.29) is 17.8 Å². The van der Waals surface area contributed by atoms with E-state index in [1.807, 2.05) is 6.92 Å². The zero-order chi connectivity index (χ0) is 23.4. The second kappa shape index (κ2) is 10.8. The molecule has 3 aromatic rings. The van der Waals surface area contributed by atoms with Crippen LogP contribution in [-0.2, 0) is 27.2 Å². The van der Waals surface area contributed by atoms with Gasteiger partial charge in [-0.05, 0) is 38.3 Å². The summed E-state index contributed by atoms with van der Waals surface area (Å²) in [6.07, 6.45) is 3.14. The van der Waals surface area contributed by atoms with Crippen LogP contribution in [0.2, 0.25) is 0 Å². The summed E-state index contributed by atoms with van der Waals surface area (Å²) in [4.78, 5) is 26.9. The molecule has 3 aromatic heterocycles. The van der Waals surface area contributed by atoms with Crippen molar-refractivity contribution in [3.8, 4) is 11.4 Å². The number of rotatable bonds is 9. The SMILES string of the molecule is CCc1cc(-c2nnc(SCC(=O)Nc3sc(C)cc3C(=O)OC)n2CC2CCCO2)cs1. The van der Waals surface area contributed by atoms with E-state index in [0.29, 0.717) is 22.3 Å². The minimum atomic E-state index is -0.467. The zero-order valence-corrected chi connectivity index (χ0v) is 21.2. The molecule has 4 heterocycles. The smallest absolute Gasteiger partial charge is 0.340 e. The number of hydrogen-bond donors (Lipinski definition) is 1. The molecule has 1 amide bonds. The molecule has 8 nitrogen and oxygen atoms in total. The van der Waals surface area contributed by atoms with E-state index in [9.17, 15) is 9.59 Å². The van der Waals surface area contributed by atoms with Crippen molar-refractivity contribution in [3.05, 3.63) is 32.8 Å². The van der Waals surface area contributed by atoms with E-state index in [0.717, 1.165) is 42.1 Å². The number of carbonyl (C=O) groups excluding carboxylic acids is 2. The first-order valence-corrected chi connectivity index (χ1v) is 13.4. The molecule has 1 saturated heterocycles. The number of carbonyl (C=O) groups is 2. The fourth-order valence-electron chi connectivity index (χ4n) is 3.61. The van der Waals surface area contributed by atoms with Crippen molar-refractivity contribution in [1.82, 2.24) is 14.8 Å². The van der Waals surface area contributed by atoms with E-state index < -0.39 is 5.97 Å². The first-order chi connectivity index (χ1) is 16.0. The van der Waals surface area contributed by atoms with Gasteiger partial charge in [0.15, 0.2) is 11.0 Å². The first-order valence-electron chi connectivity index (χ1n) is 10.7. The first kappa shape index (κ1) is 23.9. The summed E-state index contributed by atoms with van der Waals surface area (Å²) in [5.74, 6) is 0.256. The predicted octanol–water partition coefficient (Wildman–Crippen LogP) is 4.64. The third-order valence-electron chi connectivity index (χ3n) is 5.23. The normalized spacial score (nSPS) is 15.7. The molecule has 1 atom stereocenters. The number of nitrogens with zero attached hydrogens (tertiary/aromatic N) is 3. The summed E-state index contributed by atoms with van der Waals surface area (Å²) in [7, 11) is 1.33. The molecule has 0 saturated carbocycles. The van der Waals surface area contributed by atoms with Gasteiger partial charge < -0.3 is 14.8 Å². The zero-order valence-electron chi connectivity index (χ0n) is 18.8. The number of thiophene rings is 2. The summed E-state index contributed by atoms with van der Waals surface area (Å²) < 4.78 is 12.7. The summed E-state index contributed by atoms with van der Waals surface area (Å²) >= 11 is 4.39. The lowest BCUT2D eigenvalue weighted by Gasteiger charge is -2.14. The molecular weight excluding hydrogens is 480 g/mol. The minimum Gasteiger partial charge on any atom is -0.465 e. The van der Waals surface area contributed by atoms with E-state index in [2.05, 4.69) is 38.5 Å². The fourth-order valence-corrected chi connectivity index (χ4v) is 6.09. The summed E-state index contributed by atoms with van der Waals surface area (Å²) in [6, 6.07) is 3.87. The Balaban J connectivity index is 1.49. The molecule has 176 valence electrons. The van der Waals surface area contributed by atoms with Crippen molar-refractivity contribution in [3.63, 3.8) is 0 Å². The van der Waals surface area contributed by atoms with Crippen LogP contribution in [0.25, 0.3) is 11.4 Å². The van der Waals surface area contributed by atoms with Crippen molar-refractivity contribution in [2.24, 2.45) is 0 Å². The van der Waals surface area contributed by atoms with Crippen LogP contribution in [0.5, 0.6) is 0 Å². The van der Waals surface area contributed by atoms with Crippen LogP contribution in [0.3, 0.4) is 0 Å². The van der Waals surface area contributed by atoms with Crippen LogP contribution >= 0.6 is 34.4 Å². The highest BCUT2D eigenvalue weighted by Gasteiger charge is 2.23. The number of ether oxygens (including phenoxy) is 2. The van der Waals surface area contributed by atoms with E-state index in [1.165, 1.54) is 35.1 Å². The number of esters is 1. The van der Waals surface area contributed by atoms with Gasteiger partial charge in [-0.25, -0.2) is 4.79 Å². The van der Waals surface area contributed by atoms with E-state index >= 15 is 0 Å². The second-order valence-corrected chi connectivity index (χ2v) is 10.8. The van der Waals surface area contributed by atoms with Gasteiger partial charge in [-0.1, -0.05) is 18.7 Å². The molecular formula is C22H26N4O4S3. The molecule has 0 spiro atoms. The number of aromatic nitrogens is 3. The molecule has 1 aliphatic rings. The number of anilines is 1. The number of aryl methyl sites for hydroxylation is 2. The molecule has 1 fully saturated rings. The highest BCUT2D eigenvalue weighted by Crippen LogP contribution is 2.31. The highest BCUT2D eigenvalue weighted by molar-refractivity contribution is 7.99. The molecule has 0 aromatic carbocycles. The quantitative estimate of drug-likeness (QED) is 0.334. The van der Waals surface area contributed by atoms with Crippen LogP contribution in [0.1, 0.15) is 39.9 Å². The Labute approximate surface area is 204 Å². The van der Waals surface area contributed by atoms with Gasteiger partial charge in [0, 0.05) is 27.3 Å². The molecule has 11 heteroatoms. The van der Waals surface area contributed by atoms with E-state index in [4.69, 9.17) is 9.47 Å². The van der Waals surface area contributed by atoms with Crippen LogP contribution in [0.4, 0.5) is 5.00 Å². The molecule has 1 aliphatic heterocycles. The number of hydrogen-bond acceptors (Lipinski definition) is 9. The Hall–Kier alpha value is -2.21. The van der Waals surface area contributed by atoms with Crippen molar-refractivity contribution in [2.45, 2.75) is 50.9 Å². The molecule has 0 aliphatic carbocycles. The lowest BCUT2D eigenvalue weighted by atomic mass is 10.2. The van der Waals surface area contributed by atoms with Gasteiger partial charge >= 0.3 is 5.97 Å². The Morgan fingerprint density at radius 3 is 2.91 bits per heavy atom. The summed E-state index contributed by atoms with van der Waals surface area (Å²) in [6.45, 7) is 5.44. The van der Waals surface area contributed by atoms with Gasteiger partial charge in [0.1, 0.15) is 5.00 Å². The summed E-state index contributed by atoms with van der Waals surface area (Å²) in [5.41, 5.74) is 1.40. The number of methoxy groups -OCH3 is 1. The molecule has 33 heavy (non-hydrogen) atoms.